The topological polar surface area (TPSA) is 159 Å². The van der Waals surface area contributed by atoms with E-state index in [1.54, 1.807) is 19.9 Å². The molecule has 2 N–H and O–H groups in total. The molecular formula is C28H43NO11. The predicted molar refractivity (Wildman–Crippen MR) is 144 cm³/mol. The molecule has 1 aromatic rings. The van der Waals surface area contributed by atoms with Crippen molar-refractivity contribution in [2.75, 3.05) is 19.8 Å². The van der Waals surface area contributed by atoms with Crippen molar-refractivity contribution < 1.29 is 52.3 Å². The fraction of sp³-hybridized carbons (Fsp3) is 0.643. The molecule has 0 unspecified atom stereocenters. The van der Waals surface area contributed by atoms with Gasteiger partial charge in [-0.25, -0.2) is 14.4 Å². The number of hydrogen-bond donors (Lipinski definition) is 1. The van der Waals surface area contributed by atoms with E-state index >= 15 is 0 Å². The van der Waals surface area contributed by atoms with E-state index in [0.29, 0.717) is 5.56 Å². The van der Waals surface area contributed by atoms with Gasteiger partial charge < -0.3 is 38.9 Å². The number of carbonyl (C=O) groups excluding carboxylic acids is 4. The van der Waals surface area contributed by atoms with Crippen molar-refractivity contribution in [1.29, 1.82) is 0 Å². The summed E-state index contributed by atoms with van der Waals surface area (Å²) >= 11 is 0. The Labute approximate surface area is 235 Å². The van der Waals surface area contributed by atoms with Crippen LogP contribution in [0, 0.1) is 17.8 Å². The lowest BCUT2D eigenvalue weighted by Crippen LogP contribution is -2.39. The first-order valence-electron chi connectivity index (χ1n) is 13.3. The van der Waals surface area contributed by atoms with Crippen LogP contribution in [0.25, 0.3) is 0 Å². The normalized spacial score (nSPS) is 13.3. The summed E-state index contributed by atoms with van der Waals surface area (Å²) in [5.74, 6) is -0.635. The second kappa shape index (κ2) is 17.2. The van der Waals surface area contributed by atoms with Crippen molar-refractivity contribution in [1.82, 2.24) is 0 Å². The highest BCUT2D eigenvalue weighted by Crippen LogP contribution is 2.30. The van der Waals surface area contributed by atoms with Crippen molar-refractivity contribution in [3.63, 3.8) is 0 Å². The summed E-state index contributed by atoms with van der Waals surface area (Å²) in [6.07, 6.45) is -4.41. The van der Waals surface area contributed by atoms with Gasteiger partial charge in [0, 0.05) is 0 Å². The summed E-state index contributed by atoms with van der Waals surface area (Å²) in [4.78, 5) is 48.6. The molecule has 0 spiro atoms. The summed E-state index contributed by atoms with van der Waals surface area (Å²) in [6.45, 7) is 14.8. The average Bonchev–Trinajstić information content (AvgIpc) is 2.86. The van der Waals surface area contributed by atoms with Crippen LogP contribution in [0.15, 0.2) is 18.2 Å². The molecule has 0 aliphatic carbocycles. The van der Waals surface area contributed by atoms with Gasteiger partial charge in [0.05, 0.1) is 19.8 Å². The quantitative estimate of drug-likeness (QED) is 0.181. The van der Waals surface area contributed by atoms with E-state index in [9.17, 15) is 19.2 Å². The summed E-state index contributed by atoms with van der Waals surface area (Å²) < 4.78 is 36.0. The van der Waals surface area contributed by atoms with E-state index in [0.717, 1.165) is 0 Å². The van der Waals surface area contributed by atoms with Gasteiger partial charge in [-0.05, 0) is 55.7 Å². The van der Waals surface area contributed by atoms with Crippen molar-refractivity contribution in [3.05, 3.63) is 23.8 Å². The van der Waals surface area contributed by atoms with Crippen LogP contribution in [0.4, 0.5) is 14.4 Å². The van der Waals surface area contributed by atoms with Gasteiger partial charge in [0.15, 0.2) is 11.5 Å². The average molecular weight is 570 g/mol. The van der Waals surface area contributed by atoms with Crippen molar-refractivity contribution in [2.45, 2.75) is 80.1 Å². The Kier molecular flexibility index (Phi) is 14.8. The minimum absolute atomic E-state index is 0.00724. The second-order valence-electron chi connectivity index (χ2n) is 10.6. The van der Waals surface area contributed by atoms with Gasteiger partial charge in [-0.15, -0.1) is 0 Å². The van der Waals surface area contributed by atoms with E-state index < -0.39 is 42.7 Å². The molecule has 12 nitrogen and oxygen atoms in total. The standard InChI is InChI=1S/C28H43NO11/c1-16(2)13-34-26(31)38-20(8)19(7)37-25(30)22(29)11-21-9-10-23(39-27(32)35-14-17(3)4)24(12-21)40-28(33)36-15-18(5)6/h9-10,12,16-20,22H,11,13-15,29H2,1-8H3/t19-,20-,22-/m0/s1. The number of carbonyl (C=O) groups is 4. The third kappa shape index (κ3) is 14.0. The first kappa shape index (κ1) is 34.5. The monoisotopic (exact) mass is 569 g/mol. The van der Waals surface area contributed by atoms with E-state index in [1.807, 2.05) is 41.5 Å². The van der Waals surface area contributed by atoms with Crippen LogP contribution in [0.2, 0.25) is 0 Å². The van der Waals surface area contributed by atoms with Crippen molar-refractivity contribution in [3.8, 4) is 11.5 Å². The first-order valence-corrected chi connectivity index (χ1v) is 13.3. The predicted octanol–water partition coefficient (Wildman–Crippen LogP) is 5.03. The molecule has 226 valence electrons. The summed E-state index contributed by atoms with van der Waals surface area (Å²) in [5.41, 5.74) is 6.53. The van der Waals surface area contributed by atoms with E-state index in [1.165, 1.54) is 12.1 Å². The second-order valence-corrected chi connectivity index (χ2v) is 10.6. The molecule has 0 aliphatic heterocycles. The van der Waals surface area contributed by atoms with Crippen LogP contribution in [0.5, 0.6) is 11.5 Å². The third-order valence-electron chi connectivity index (χ3n) is 5.00. The lowest BCUT2D eigenvalue weighted by atomic mass is 10.1. The molecule has 0 bridgehead atoms. The number of esters is 1. The Hall–Kier alpha value is -3.54. The minimum atomic E-state index is -1.11. The molecule has 0 heterocycles. The lowest BCUT2D eigenvalue weighted by molar-refractivity contribution is -0.155. The van der Waals surface area contributed by atoms with Gasteiger partial charge in [0.2, 0.25) is 0 Å². The third-order valence-corrected chi connectivity index (χ3v) is 5.00. The SMILES string of the molecule is CC(C)COC(=O)Oc1ccc(C[C@H](N)C(=O)O[C@@H](C)[C@H](C)OC(=O)OCC(C)C)cc1OC(=O)OCC(C)C. The maximum atomic E-state index is 12.6. The maximum absolute atomic E-state index is 12.6. The molecule has 0 saturated carbocycles. The highest BCUT2D eigenvalue weighted by atomic mass is 16.7. The Balaban J connectivity index is 2.88. The molecule has 3 atom stereocenters. The van der Waals surface area contributed by atoms with Gasteiger partial charge in [0.25, 0.3) is 0 Å². The van der Waals surface area contributed by atoms with Crippen molar-refractivity contribution >= 4 is 24.4 Å². The molecule has 40 heavy (non-hydrogen) atoms. The molecule has 12 heteroatoms. The van der Waals surface area contributed by atoms with E-state index in [-0.39, 0.29) is 55.5 Å². The van der Waals surface area contributed by atoms with Crippen LogP contribution < -0.4 is 15.2 Å². The molecular weight excluding hydrogens is 526 g/mol. The number of benzene rings is 1. The zero-order valence-corrected chi connectivity index (χ0v) is 24.6. The molecule has 1 rings (SSSR count). The van der Waals surface area contributed by atoms with Gasteiger partial charge in [0.1, 0.15) is 18.2 Å². The number of hydrogen-bond acceptors (Lipinski definition) is 12. The molecule has 0 amide bonds. The Morgan fingerprint density at radius 2 is 1.10 bits per heavy atom. The number of ether oxygens (including phenoxy) is 7. The summed E-state index contributed by atoms with van der Waals surface area (Å²) in [7, 11) is 0. The zero-order chi connectivity index (χ0) is 30.4. The lowest BCUT2D eigenvalue weighted by Gasteiger charge is -2.22. The molecule has 0 saturated heterocycles. The summed E-state index contributed by atoms with van der Waals surface area (Å²) in [5, 5.41) is 0. The number of rotatable bonds is 14. The Bertz CT molecular complexity index is 977. The molecule has 1 aromatic carbocycles. The fourth-order valence-corrected chi connectivity index (χ4v) is 2.77. The highest BCUT2D eigenvalue weighted by Gasteiger charge is 2.25. The summed E-state index contributed by atoms with van der Waals surface area (Å²) in [6, 6.07) is 3.22. The fourth-order valence-electron chi connectivity index (χ4n) is 2.77. The molecule has 0 fully saturated rings. The smallest absolute Gasteiger partial charge is 0.458 e. The largest absolute Gasteiger partial charge is 0.513 e. The minimum Gasteiger partial charge on any atom is -0.458 e. The Morgan fingerprint density at radius 3 is 1.60 bits per heavy atom. The molecule has 0 aliphatic rings. The first-order chi connectivity index (χ1) is 18.7. The van der Waals surface area contributed by atoms with Crippen LogP contribution in [-0.2, 0) is 34.9 Å². The van der Waals surface area contributed by atoms with Gasteiger partial charge in [-0.3, -0.25) is 4.79 Å². The van der Waals surface area contributed by atoms with Gasteiger partial charge in [-0.1, -0.05) is 47.6 Å². The van der Waals surface area contributed by atoms with Gasteiger partial charge in [-0.2, -0.15) is 0 Å². The maximum Gasteiger partial charge on any atom is 0.513 e. The van der Waals surface area contributed by atoms with Crippen LogP contribution >= 0.6 is 0 Å². The number of nitrogens with two attached hydrogens (primary N) is 1. The van der Waals surface area contributed by atoms with E-state index in [4.69, 9.17) is 38.9 Å². The van der Waals surface area contributed by atoms with Crippen molar-refractivity contribution in [2.24, 2.45) is 23.5 Å². The van der Waals surface area contributed by atoms with Crippen LogP contribution in [-0.4, -0.2) is 62.5 Å². The molecule has 0 radical (unpaired) electrons. The highest BCUT2D eigenvalue weighted by molar-refractivity contribution is 5.76. The van der Waals surface area contributed by atoms with E-state index in [2.05, 4.69) is 0 Å². The zero-order valence-electron chi connectivity index (χ0n) is 24.6. The molecule has 0 aromatic heterocycles. The van der Waals surface area contributed by atoms with Crippen LogP contribution in [0.1, 0.15) is 61.0 Å². The Morgan fingerprint density at radius 1 is 0.650 bits per heavy atom. The van der Waals surface area contributed by atoms with Crippen LogP contribution in [0.3, 0.4) is 0 Å². The van der Waals surface area contributed by atoms with Gasteiger partial charge >= 0.3 is 24.4 Å².